The topological polar surface area (TPSA) is 96.3 Å². The van der Waals surface area contributed by atoms with Crippen LogP contribution in [0.2, 0.25) is 0 Å². The Kier molecular flexibility index (Phi) is 4.97. The maximum absolute atomic E-state index is 12.7. The van der Waals surface area contributed by atoms with E-state index in [9.17, 15) is 19.8 Å². The Balaban J connectivity index is 1.41. The maximum atomic E-state index is 12.7. The summed E-state index contributed by atoms with van der Waals surface area (Å²) in [6.45, 7) is 4.53. The molecule has 0 radical (unpaired) electrons. The summed E-state index contributed by atoms with van der Waals surface area (Å²) < 4.78 is 11.4. The van der Waals surface area contributed by atoms with Gasteiger partial charge < -0.3 is 24.6 Å². The van der Waals surface area contributed by atoms with Crippen molar-refractivity contribution in [3.05, 3.63) is 17.7 Å². The van der Waals surface area contributed by atoms with Gasteiger partial charge in [-0.25, -0.2) is 0 Å². The Labute approximate surface area is 170 Å². The molecule has 158 valence electrons. The fourth-order valence-corrected chi connectivity index (χ4v) is 4.86. The van der Waals surface area contributed by atoms with Crippen molar-refractivity contribution >= 4 is 11.7 Å². The number of ether oxygens (including phenoxy) is 2. The molecule has 29 heavy (non-hydrogen) atoms. The number of aromatic hydroxyl groups is 1. The fourth-order valence-electron chi connectivity index (χ4n) is 4.86. The minimum Gasteiger partial charge on any atom is -0.507 e. The number of likely N-dealkylation sites (tertiary alicyclic amines) is 1. The number of piperidine rings is 1. The molecule has 1 aromatic rings. The Hall–Kier alpha value is -2.28. The molecular formula is C22H29NO6. The van der Waals surface area contributed by atoms with Gasteiger partial charge >= 0.3 is 0 Å². The molecule has 1 amide bonds. The quantitative estimate of drug-likeness (QED) is 0.806. The highest BCUT2D eigenvalue weighted by atomic mass is 16.5. The third-order valence-corrected chi connectivity index (χ3v) is 6.45. The van der Waals surface area contributed by atoms with Gasteiger partial charge in [0.05, 0.1) is 12.0 Å². The molecule has 0 bridgehead atoms. The first-order chi connectivity index (χ1) is 13.7. The normalized spacial score (nSPS) is 28.2. The van der Waals surface area contributed by atoms with Crippen LogP contribution >= 0.6 is 0 Å². The number of fused-ring (bicyclic) bond motifs is 2. The number of aliphatic hydroxyl groups is 1. The van der Waals surface area contributed by atoms with E-state index in [1.54, 1.807) is 11.0 Å². The van der Waals surface area contributed by atoms with E-state index in [4.69, 9.17) is 9.47 Å². The first kappa shape index (κ1) is 20.0. The standard InChI is InChI=1S/C22H29NO6/c1-21(2)11-17(25)20-16(24)9-15(10-18(20)29-21)28-13-19(26)23-8-7-22(27)6-4-3-5-14(22)12-23/h9-10,14,24,27H,3-8,11-13H2,1-2H3/t14-,22-/m1/s1. The van der Waals surface area contributed by atoms with E-state index in [-0.39, 0.29) is 53.4 Å². The van der Waals surface area contributed by atoms with E-state index in [1.807, 2.05) is 13.8 Å². The molecule has 1 saturated carbocycles. The second-order valence-electron chi connectivity index (χ2n) is 9.20. The van der Waals surface area contributed by atoms with Crippen molar-refractivity contribution in [1.82, 2.24) is 4.90 Å². The van der Waals surface area contributed by atoms with Gasteiger partial charge in [-0.2, -0.15) is 0 Å². The average molecular weight is 403 g/mol. The lowest BCUT2D eigenvalue weighted by Gasteiger charge is -2.47. The molecule has 0 spiro atoms. The van der Waals surface area contributed by atoms with Crippen LogP contribution in [0.3, 0.4) is 0 Å². The van der Waals surface area contributed by atoms with Crippen molar-refractivity contribution in [2.45, 2.75) is 63.6 Å². The van der Waals surface area contributed by atoms with Crippen LogP contribution in [-0.2, 0) is 4.79 Å². The molecule has 2 fully saturated rings. The zero-order valence-corrected chi connectivity index (χ0v) is 17.1. The molecule has 2 aliphatic heterocycles. The highest BCUT2D eigenvalue weighted by Crippen LogP contribution is 2.41. The molecule has 0 unspecified atom stereocenters. The van der Waals surface area contributed by atoms with E-state index in [2.05, 4.69) is 0 Å². The predicted molar refractivity (Wildman–Crippen MR) is 105 cm³/mol. The highest BCUT2D eigenvalue weighted by Gasteiger charge is 2.43. The largest absolute Gasteiger partial charge is 0.507 e. The van der Waals surface area contributed by atoms with Gasteiger partial charge in [-0.3, -0.25) is 9.59 Å². The van der Waals surface area contributed by atoms with Crippen molar-refractivity contribution < 1.29 is 29.3 Å². The summed E-state index contributed by atoms with van der Waals surface area (Å²) in [6, 6.07) is 2.90. The maximum Gasteiger partial charge on any atom is 0.260 e. The summed E-state index contributed by atoms with van der Waals surface area (Å²) in [5.74, 6) is 0.168. The number of carbonyl (C=O) groups excluding carboxylic acids is 2. The van der Waals surface area contributed by atoms with Gasteiger partial charge in [0, 0.05) is 31.1 Å². The molecular weight excluding hydrogens is 374 g/mol. The summed E-state index contributed by atoms with van der Waals surface area (Å²) in [7, 11) is 0. The number of phenols is 1. The third-order valence-electron chi connectivity index (χ3n) is 6.45. The number of phenolic OH excluding ortho intramolecular Hbond substituents is 1. The van der Waals surface area contributed by atoms with Gasteiger partial charge in [0.15, 0.2) is 12.4 Å². The molecule has 2 N–H and O–H groups in total. The third kappa shape index (κ3) is 3.92. The zero-order valence-electron chi connectivity index (χ0n) is 17.1. The van der Waals surface area contributed by atoms with Crippen molar-refractivity contribution in [1.29, 1.82) is 0 Å². The number of Topliss-reactive ketones (excluding diaryl/α,β-unsaturated/α-hetero) is 1. The summed E-state index contributed by atoms with van der Waals surface area (Å²) in [5.41, 5.74) is -1.12. The zero-order chi connectivity index (χ0) is 20.8. The molecule has 0 aromatic heterocycles. The minimum absolute atomic E-state index is 0.128. The van der Waals surface area contributed by atoms with Crippen LogP contribution in [0.25, 0.3) is 0 Å². The van der Waals surface area contributed by atoms with Crippen LogP contribution in [0.15, 0.2) is 12.1 Å². The summed E-state index contributed by atoms with van der Waals surface area (Å²) in [4.78, 5) is 26.7. The average Bonchev–Trinajstić information content (AvgIpc) is 2.63. The fraction of sp³-hybridized carbons (Fsp3) is 0.636. The van der Waals surface area contributed by atoms with E-state index in [1.165, 1.54) is 6.07 Å². The van der Waals surface area contributed by atoms with Crippen LogP contribution in [0.4, 0.5) is 0 Å². The second kappa shape index (κ2) is 7.20. The van der Waals surface area contributed by atoms with Crippen LogP contribution in [0, 0.1) is 5.92 Å². The highest BCUT2D eigenvalue weighted by molar-refractivity contribution is 6.03. The van der Waals surface area contributed by atoms with E-state index >= 15 is 0 Å². The molecule has 7 nitrogen and oxygen atoms in total. The molecule has 2 atom stereocenters. The minimum atomic E-state index is -0.657. The van der Waals surface area contributed by atoms with Crippen LogP contribution in [0.1, 0.15) is 62.7 Å². The van der Waals surface area contributed by atoms with E-state index in [0.29, 0.717) is 19.5 Å². The van der Waals surface area contributed by atoms with Crippen molar-refractivity contribution in [3.63, 3.8) is 0 Å². The van der Waals surface area contributed by atoms with Crippen molar-refractivity contribution in [3.8, 4) is 17.2 Å². The molecule has 2 heterocycles. The van der Waals surface area contributed by atoms with Crippen LogP contribution in [0.5, 0.6) is 17.2 Å². The van der Waals surface area contributed by atoms with E-state index < -0.39 is 11.2 Å². The Morgan fingerprint density at radius 1 is 1.31 bits per heavy atom. The number of hydrogen-bond acceptors (Lipinski definition) is 6. The van der Waals surface area contributed by atoms with Gasteiger partial charge in [0.25, 0.3) is 5.91 Å². The predicted octanol–water partition coefficient (Wildman–Crippen LogP) is 2.67. The molecule has 4 rings (SSSR count). The Bertz CT molecular complexity index is 835. The second-order valence-corrected chi connectivity index (χ2v) is 9.20. The number of ketones is 1. The van der Waals surface area contributed by atoms with Crippen molar-refractivity contribution in [2.24, 2.45) is 5.92 Å². The van der Waals surface area contributed by atoms with Gasteiger partial charge in [-0.05, 0) is 33.1 Å². The van der Waals surface area contributed by atoms with Crippen LogP contribution < -0.4 is 9.47 Å². The summed E-state index contributed by atoms with van der Waals surface area (Å²) >= 11 is 0. The Morgan fingerprint density at radius 2 is 2.10 bits per heavy atom. The number of benzene rings is 1. The van der Waals surface area contributed by atoms with Gasteiger partial charge in [0.2, 0.25) is 0 Å². The number of rotatable bonds is 3. The molecule has 1 saturated heterocycles. The lowest BCUT2D eigenvalue weighted by Crippen LogP contribution is -2.55. The molecule has 1 aromatic carbocycles. The monoisotopic (exact) mass is 403 g/mol. The van der Waals surface area contributed by atoms with Gasteiger partial charge in [-0.1, -0.05) is 12.8 Å². The summed E-state index contributed by atoms with van der Waals surface area (Å²) in [5, 5.41) is 21.0. The SMILES string of the molecule is CC1(C)CC(=O)c2c(O)cc(OCC(=O)N3CC[C@]4(O)CCCC[C@@H]4C3)cc2O1. The lowest BCUT2D eigenvalue weighted by molar-refractivity contribution is -0.145. The van der Waals surface area contributed by atoms with Gasteiger partial charge in [-0.15, -0.1) is 0 Å². The Morgan fingerprint density at radius 3 is 2.90 bits per heavy atom. The van der Waals surface area contributed by atoms with E-state index in [0.717, 1.165) is 25.7 Å². The summed E-state index contributed by atoms with van der Waals surface area (Å²) in [6.07, 6.45) is 4.70. The van der Waals surface area contributed by atoms with Gasteiger partial charge in [0.1, 0.15) is 28.4 Å². The number of carbonyl (C=O) groups is 2. The van der Waals surface area contributed by atoms with Crippen molar-refractivity contribution in [2.75, 3.05) is 19.7 Å². The number of hydrogen-bond donors (Lipinski definition) is 2. The molecule has 7 heteroatoms. The molecule has 3 aliphatic rings. The lowest BCUT2D eigenvalue weighted by atomic mass is 9.71. The first-order valence-electron chi connectivity index (χ1n) is 10.4. The smallest absolute Gasteiger partial charge is 0.260 e. The van der Waals surface area contributed by atoms with Crippen LogP contribution in [-0.4, -0.2) is 57.7 Å². The number of nitrogens with zero attached hydrogens (tertiary/aromatic N) is 1. The molecule has 1 aliphatic carbocycles. The first-order valence-corrected chi connectivity index (χ1v) is 10.4. The number of amides is 1.